The van der Waals surface area contributed by atoms with Crippen LogP contribution in [0.25, 0.3) is 0 Å². The molecule has 0 unspecified atom stereocenters. The van der Waals surface area contributed by atoms with Crippen LogP contribution in [0.1, 0.15) is 39.0 Å². The molecule has 0 saturated heterocycles. The number of ether oxygens (including phenoxy) is 1. The zero-order valence-electron chi connectivity index (χ0n) is 9.63. The fourth-order valence-corrected chi connectivity index (χ4v) is 1.14. The third-order valence-electron chi connectivity index (χ3n) is 2.06. The maximum atomic E-state index is 10.2. The molecule has 0 aliphatic heterocycles. The van der Waals surface area contributed by atoms with E-state index in [1.165, 1.54) is 6.42 Å². The first-order chi connectivity index (χ1) is 7.27. The number of hydrogen-bond acceptors (Lipinski definition) is 3. The monoisotopic (exact) mass is 217 g/mol. The second-order valence-electron chi connectivity index (χ2n) is 3.57. The van der Waals surface area contributed by atoms with Gasteiger partial charge >= 0.3 is 5.97 Å². The van der Waals surface area contributed by atoms with Crippen molar-refractivity contribution in [2.24, 2.45) is 0 Å². The SMILES string of the molecule is CCCCOCCNCCCCC(=O)O. The Kier molecular flexibility index (Phi) is 11.0. The molecule has 4 nitrogen and oxygen atoms in total. The van der Waals surface area contributed by atoms with Gasteiger partial charge < -0.3 is 15.2 Å². The molecular formula is C11H23NO3. The van der Waals surface area contributed by atoms with Crippen LogP contribution >= 0.6 is 0 Å². The molecule has 0 aliphatic rings. The van der Waals surface area contributed by atoms with Crippen molar-refractivity contribution in [3.8, 4) is 0 Å². The van der Waals surface area contributed by atoms with Crippen LogP contribution in [0.5, 0.6) is 0 Å². The molecule has 0 amide bonds. The van der Waals surface area contributed by atoms with E-state index in [1.54, 1.807) is 0 Å². The number of carboxylic acid groups (broad SMARTS) is 1. The van der Waals surface area contributed by atoms with Crippen LogP contribution in [-0.2, 0) is 9.53 Å². The van der Waals surface area contributed by atoms with Crippen LogP contribution < -0.4 is 5.32 Å². The van der Waals surface area contributed by atoms with Gasteiger partial charge in [0.1, 0.15) is 0 Å². The van der Waals surface area contributed by atoms with Gasteiger partial charge in [-0.05, 0) is 25.8 Å². The van der Waals surface area contributed by atoms with Crippen LogP contribution in [0.4, 0.5) is 0 Å². The Morgan fingerprint density at radius 1 is 1.20 bits per heavy atom. The summed E-state index contributed by atoms with van der Waals surface area (Å²) in [5.74, 6) is -0.710. The number of unbranched alkanes of at least 4 members (excludes halogenated alkanes) is 2. The van der Waals surface area contributed by atoms with E-state index in [2.05, 4.69) is 12.2 Å². The van der Waals surface area contributed by atoms with Crippen molar-refractivity contribution in [3.05, 3.63) is 0 Å². The van der Waals surface area contributed by atoms with Crippen molar-refractivity contribution >= 4 is 5.97 Å². The summed E-state index contributed by atoms with van der Waals surface area (Å²) in [6.45, 7) is 5.47. The molecule has 0 aliphatic carbocycles. The van der Waals surface area contributed by atoms with E-state index < -0.39 is 5.97 Å². The lowest BCUT2D eigenvalue weighted by atomic mass is 10.2. The molecule has 0 aromatic rings. The van der Waals surface area contributed by atoms with Gasteiger partial charge in [0.25, 0.3) is 0 Å². The summed E-state index contributed by atoms with van der Waals surface area (Å²) >= 11 is 0. The van der Waals surface area contributed by atoms with Gasteiger partial charge in [0.2, 0.25) is 0 Å². The lowest BCUT2D eigenvalue weighted by Crippen LogP contribution is -2.21. The maximum absolute atomic E-state index is 10.2. The fraction of sp³-hybridized carbons (Fsp3) is 0.909. The van der Waals surface area contributed by atoms with Gasteiger partial charge in [-0.15, -0.1) is 0 Å². The fourth-order valence-electron chi connectivity index (χ4n) is 1.14. The minimum Gasteiger partial charge on any atom is -0.481 e. The molecule has 0 atom stereocenters. The van der Waals surface area contributed by atoms with E-state index in [1.807, 2.05) is 0 Å². The molecule has 0 heterocycles. The predicted octanol–water partition coefficient (Wildman–Crippen LogP) is 1.65. The highest BCUT2D eigenvalue weighted by atomic mass is 16.5. The van der Waals surface area contributed by atoms with E-state index >= 15 is 0 Å². The highest BCUT2D eigenvalue weighted by Gasteiger charge is 1.95. The Morgan fingerprint density at radius 2 is 2.00 bits per heavy atom. The molecule has 0 fully saturated rings. The van der Waals surface area contributed by atoms with Crippen LogP contribution in [0.15, 0.2) is 0 Å². The zero-order chi connectivity index (χ0) is 11.4. The van der Waals surface area contributed by atoms with E-state index in [0.717, 1.165) is 45.6 Å². The third-order valence-corrected chi connectivity index (χ3v) is 2.06. The van der Waals surface area contributed by atoms with Crippen molar-refractivity contribution < 1.29 is 14.6 Å². The van der Waals surface area contributed by atoms with Crippen molar-refractivity contribution in [3.63, 3.8) is 0 Å². The Labute approximate surface area is 92.0 Å². The summed E-state index contributed by atoms with van der Waals surface area (Å²) in [5.41, 5.74) is 0. The smallest absolute Gasteiger partial charge is 0.303 e. The number of carbonyl (C=O) groups is 1. The number of carboxylic acids is 1. The molecule has 90 valence electrons. The maximum Gasteiger partial charge on any atom is 0.303 e. The third kappa shape index (κ3) is 13.4. The number of nitrogens with one attached hydrogen (secondary N) is 1. The number of rotatable bonds is 11. The van der Waals surface area contributed by atoms with Crippen molar-refractivity contribution in [2.45, 2.75) is 39.0 Å². The molecular weight excluding hydrogens is 194 g/mol. The molecule has 0 rings (SSSR count). The molecule has 0 aromatic carbocycles. The molecule has 4 heteroatoms. The summed E-state index contributed by atoms with van der Waals surface area (Å²) in [7, 11) is 0. The summed E-state index contributed by atoms with van der Waals surface area (Å²) < 4.78 is 5.36. The average molecular weight is 217 g/mol. The predicted molar refractivity (Wildman–Crippen MR) is 60.1 cm³/mol. The topological polar surface area (TPSA) is 58.6 Å². The summed E-state index contributed by atoms with van der Waals surface area (Å²) in [6.07, 6.45) is 4.23. The molecule has 0 bridgehead atoms. The van der Waals surface area contributed by atoms with Crippen molar-refractivity contribution in [2.75, 3.05) is 26.3 Å². The van der Waals surface area contributed by atoms with E-state index in [4.69, 9.17) is 9.84 Å². The van der Waals surface area contributed by atoms with Crippen LogP contribution in [-0.4, -0.2) is 37.4 Å². The Bertz CT molecular complexity index is 151. The number of aliphatic carboxylic acids is 1. The first kappa shape index (κ1) is 14.4. The molecule has 2 N–H and O–H groups in total. The second-order valence-corrected chi connectivity index (χ2v) is 3.57. The summed E-state index contributed by atoms with van der Waals surface area (Å²) in [4.78, 5) is 10.2. The minimum absolute atomic E-state index is 0.272. The van der Waals surface area contributed by atoms with E-state index in [0.29, 0.717) is 0 Å². The molecule has 15 heavy (non-hydrogen) atoms. The summed E-state index contributed by atoms with van der Waals surface area (Å²) in [6, 6.07) is 0. The van der Waals surface area contributed by atoms with Gasteiger partial charge in [0.15, 0.2) is 0 Å². The lowest BCUT2D eigenvalue weighted by molar-refractivity contribution is -0.137. The van der Waals surface area contributed by atoms with Crippen LogP contribution in [0.3, 0.4) is 0 Å². The second kappa shape index (κ2) is 11.5. The summed E-state index contributed by atoms with van der Waals surface area (Å²) in [5, 5.41) is 11.6. The van der Waals surface area contributed by atoms with Gasteiger partial charge in [-0.1, -0.05) is 13.3 Å². The largest absolute Gasteiger partial charge is 0.481 e. The van der Waals surface area contributed by atoms with Crippen LogP contribution in [0, 0.1) is 0 Å². The lowest BCUT2D eigenvalue weighted by Gasteiger charge is -2.05. The Hall–Kier alpha value is -0.610. The molecule has 0 spiro atoms. The molecule has 0 aromatic heterocycles. The molecule has 0 radical (unpaired) electrons. The Morgan fingerprint density at radius 3 is 2.67 bits per heavy atom. The minimum atomic E-state index is -0.710. The van der Waals surface area contributed by atoms with Gasteiger partial charge in [-0.2, -0.15) is 0 Å². The van der Waals surface area contributed by atoms with E-state index in [-0.39, 0.29) is 6.42 Å². The van der Waals surface area contributed by atoms with Gasteiger partial charge in [0.05, 0.1) is 6.61 Å². The highest BCUT2D eigenvalue weighted by molar-refractivity contribution is 5.66. The van der Waals surface area contributed by atoms with Crippen molar-refractivity contribution in [1.29, 1.82) is 0 Å². The average Bonchev–Trinajstić information content (AvgIpc) is 2.20. The first-order valence-corrected chi connectivity index (χ1v) is 5.77. The first-order valence-electron chi connectivity index (χ1n) is 5.77. The quantitative estimate of drug-likeness (QED) is 0.517. The zero-order valence-corrected chi connectivity index (χ0v) is 9.63. The Balaban J connectivity index is 2.89. The van der Waals surface area contributed by atoms with Gasteiger partial charge in [-0.3, -0.25) is 4.79 Å². The highest BCUT2D eigenvalue weighted by Crippen LogP contribution is 1.93. The van der Waals surface area contributed by atoms with Gasteiger partial charge in [0, 0.05) is 19.6 Å². The van der Waals surface area contributed by atoms with E-state index in [9.17, 15) is 4.79 Å². The standard InChI is InChI=1S/C11H23NO3/c1-2-3-9-15-10-8-12-7-5-4-6-11(13)14/h12H,2-10H2,1H3,(H,13,14). The van der Waals surface area contributed by atoms with Crippen LogP contribution in [0.2, 0.25) is 0 Å². The normalized spacial score (nSPS) is 10.5. The number of hydrogen-bond donors (Lipinski definition) is 2. The molecule has 0 saturated carbocycles. The van der Waals surface area contributed by atoms with Crippen molar-refractivity contribution in [1.82, 2.24) is 5.32 Å². The van der Waals surface area contributed by atoms with Gasteiger partial charge in [-0.25, -0.2) is 0 Å².